The molecule has 0 aliphatic carbocycles. The van der Waals surface area contributed by atoms with Crippen molar-refractivity contribution < 1.29 is 9.53 Å². The summed E-state index contributed by atoms with van der Waals surface area (Å²) in [4.78, 5) is 14.3. The van der Waals surface area contributed by atoms with Crippen molar-refractivity contribution in [2.75, 3.05) is 19.8 Å². The van der Waals surface area contributed by atoms with Crippen molar-refractivity contribution in [1.29, 1.82) is 0 Å². The molecule has 1 aromatic heterocycles. The Morgan fingerprint density at radius 1 is 1.58 bits per heavy atom. The Morgan fingerprint density at radius 3 is 3.16 bits per heavy atom. The molecule has 1 aromatic rings. The summed E-state index contributed by atoms with van der Waals surface area (Å²) in [5.41, 5.74) is 1.19. The number of hydrogen-bond acceptors (Lipinski definition) is 4. The number of hydrogen-bond donors (Lipinski definition) is 1. The second-order valence-corrected chi connectivity index (χ2v) is 6.20. The Labute approximate surface area is 117 Å². The molecule has 1 amide bonds. The number of nitrogens with one attached hydrogen (secondary N) is 1. The highest BCUT2D eigenvalue weighted by Crippen LogP contribution is 2.29. The predicted molar refractivity (Wildman–Crippen MR) is 74.9 cm³/mol. The van der Waals surface area contributed by atoms with E-state index in [1.54, 1.807) is 11.3 Å². The van der Waals surface area contributed by atoms with E-state index in [-0.39, 0.29) is 18.1 Å². The molecule has 0 radical (unpaired) electrons. The number of nitrogens with zero attached hydrogens (tertiary/aromatic N) is 1. The fraction of sp³-hybridized carbons (Fsp3) is 0.643. The van der Waals surface area contributed by atoms with E-state index >= 15 is 0 Å². The lowest BCUT2D eigenvalue weighted by Crippen LogP contribution is -2.37. The summed E-state index contributed by atoms with van der Waals surface area (Å²) in [6.07, 6.45) is 2.31. The SMILES string of the molecule is CC1NC(c2ccsc2)N(CC2CCCOC2)C1=O. The number of amides is 1. The van der Waals surface area contributed by atoms with Crippen LogP contribution in [0.2, 0.25) is 0 Å². The summed E-state index contributed by atoms with van der Waals surface area (Å²) < 4.78 is 5.52. The average Bonchev–Trinajstić information content (AvgIpc) is 3.04. The van der Waals surface area contributed by atoms with E-state index in [4.69, 9.17) is 4.74 Å². The van der Waals surface area contributed by atoms with Crippen molar-refractivity contribution in [3.05, 3.63) is 22.4 Å². The van der Waals surface area contributed by atoms with Crippen LogP contribution in [0.4, 0.5) is 0 Å². The number of thiophene rings is 1. The Balaban J connectivity index is 1.73. The van der Waals surface area contributed by atoms with Crippen molar-refractivity contribution in [3.8, 4) is 0 Å². The van der Waals surface area contributed by atoms with E-state index in [0.717, 1.165) is 32.6 Å². The van der Waals surface area contributed by atoms with E-state index in [1.165, 1.54) is 5.56 Å². The van der Waals surface area contributed by atoms with Gasteiger partial charge in [0, 0.05) is 19.1 Å². The second-order valence-electron chi connectivity index (χ2n) is 5.42. The first kappa shape index (κ1) is 13.1. The van der Waals surface area contributed by atoms with Gasteiger partial charge in [-0.25, -0.2) is 0 Å². The molecule has 19 heavy (non-hydrogen) atoms. The van der Waals surface area contributed by atoms with Gasteiger partial charge >= 0.3 is 0 Å². The summed E-state index contributed by atoms with van der Waals surface area (Å²) in [6, 6.07) is 2.01. The van der Waals surface area contributed by atoms with Crippen molar-refractivity contribution >= 4 is 17.2 Å². The summed E-state index contributed by atoms with van der Waals surface area (Å²) in [6.45, 7) is 4.40. The van der Waals surface area contributed by atoms with E-state index in [2.05, 4.69) is 22.1 Å². The fourth-order valence-electron chi connectivity index (χ4n) is 2.91. The molecule has 1 N–H and O–H groups in total. The first-order valence-corrected chi connectivity index (χ1v) is 7.86. The molecule has 0 saturated carbocycles. The smallest absolute Gasteiger partial charge is 0.241 e. The molecule has 4 nitrogen and oxygen atoms in total. The van der Waals surface area contributed by atoms with Crippen molar-refractivity contribution in [1.82, 2.24) is 10.2 Å². The van der Waals surface area contributed by atoms with E-state index in [0.29, 0.717) is 5.92 Å². The van der Waals surface area contributed by atoms with Crippen LogP contribution in [0.25, 0.3) is 0 Å². The molecule has 0 aromatic carbocycles. The number of carbonyl (C=O) groups is 1. The van der Waals surface area contributed by atoms with Crippen molar-refractivity contribution in [3.63, 3.8) is 0 Å². The maximum Gasteiger partial charge on any atom is 0.241 e. The fourth-order valence-corrected chi connectivity index (χ4v) is 3.58. The Hall–Kier alpha value is -0.910. The Bertz CT molecular complexity index is 429. The first-order valence-electron chi connectivity index (χ1n) is 6.92. The van der Waals surface area contributed by atoms with E-state index in [9.17, 15) is 4.79 Å². The molecule has 104 valence electrons. The standard InChI is InChI=1S/C14H20N2O2S/c1-10-14(17)16(7-11-3-2-5-18-8-11)13(15-10)12-4-6-19-9-12/h4,6,9-11,13,15H,2-3,5,7-8H2,1H3. The van der Waals surface area contributed by atoms with Crippen LogP contribution in [0.5, 0.6) is 0 Å². The van der Waals surface area contributed by atoms with E-state index < -0.39 is 0 Å². The van der Waals surface area contributed by atoms with Gasteiger partial charge < -0.3 is 9.64 Å². The lowest BCUT2D eigenvalue weighted by molar-refractivity contribution is -0.131. The monoisotopic (exact) mass is 280 g/mol. The molecule has 3 atom stereocenters. The molecule has 5 heteroatoms. The van der Waals surface area contributed by atoms with Gasteiger partial charge in [-0.3, -0.25) is 10.1 Å². The molecule has 0 spiro atoms. The van der Waals surface area contributed by atoms with Gasteiger partial charge in [0.2, 0.25) is 5.91 Å². The summed E-state index contributed by atoms with van der Waals surface area (Å²) >= 11 is 1.67. The third-order valence-corrected chi connectivity index (χ3v) is 4.64. The Morgan fingerprint density at radius 2 is 2.47 bits per heavy atom. The lowest BCUT2D eigenvalue weighted by Gasteiger charge is -2.30. The van der Waals surface area contributed by atoms with Crippen LogP contribution in [-0.2, 0) is 9.53 Å². The summed E-state index contributed by atoms with van der Waals surface area (Å²) in [5, 5.41) is 7.57. The van der Waals surface area contributed by atoms with Gasteiger partial charge in [-0.1, -0.05) is 0 Å². The van der Waals surface area contributed by atoms with Crippen LogP contribution in [-0.4, -0.2) is 36.6 Å². The Kier molecular flexibility index (Phi) is 3.86. The van der Waals surface area contributed by atoms with Crippen LogP contribution in [0.3, 0.4) is 0 Å². The van der Waals surface area contributed by atoms with Crippen LogP contribution < -0.4 is 5.32 Å². The van der Waals surface area contributed by atoms with Crippen LogP contribution in [0, 0.1) is 5.92 Å². The quantitative estimate of drug-likeness (QED) is 0.920. The van der Waals surface area contributed by atoms with E-state index in [1.807, 2.05) is 11.8 Å². The number of rotatable bonds is 3. The van der Waals surface area contributed by atoms with Gasteiger partial charge in [-0.15, -0.1) is 0 Å². The van der Waals surface area contributed by atoms with Crippen LogP contribution in [0.15, 0.2) is 16.8 Å². The predicted octanol–water partition coefficient (Wildman–Crippen LogP) is 1.99. The molecule has 2 aliphatic heterocycles. The highest BCUT2D eigenvalue weighted by Gasteiger charge is 2.38. The minimum absolute atomic E-state index is 0.0377. The van der Waals surface area contributed by atoms with Gasteiger partial charge in [0.05, 0.1) is 12.6 Å². The second kappa shape index (κ2) is 5.61. The zero-order valence-corrected chi connectivity index (χ0v) is 12.0. The molecule has 2 aliphatic rings. The largest absolute Gasteiger partial charge is 0.381 e. The molecule has 2 saturated heterocycles. The maximum absolute atomic E-state index is 12.3. The molecule has 0 bridgehead atoms. The maximum atomic E-state index is 12.3. The topological polar surface area (TPSA) is 41.6 Å². The normalized spacial score (nSPS) is 31.9. The lowest BCUT2D eigenvalue weighted by atomic mass is 10.0. The molecule has 3 rings (SSSR count). The minimum atomic E-state index is -0.0885. The molecule has 2 fully saturated rings. The first-order chi connectivity index (χ1) is 9.25. The van der Waals surface area contributed by atoms with Crippen molar-refractivity contribution in [2.45, 2.75) is 32.0 Å². The van der Waals surface area contributed by atoms with Crippen molar-refractivity contribution in [2.24, 2.45) is 5.92 Å². The van der Waals surface area contributed by atoms with Gasteiger partial charge in [0.15, 0.2) is 0 Å². The van der Waals surface area contributed by atoms with Gasteiger partial charge in [0.25, 0.3) is 0 Å². The molecular formula is C14H20N2O2S. The van der Waals surface area contributed by atoms with Crippen LogP contribution >= 0.6 is 11.3 Å². The van der Waals surface area contributed by atoms with Gasteiger partial charge in [-0.2, -0.15) is 11.3 Å². The minimum Gasteiger partial charge on any atom is -0.381 e. The van der Waals surface area contributed by atoms with Gasteiger partial charge in [0.1, 0.15) is 6.17 Å². The summed E-state index contributed by atoms with van der Waals surface area (Å²) in [7, 11) is 0. The zero-order valence-electron chi connectivity index (χ0n) is 11.2. The highest BCUT2D eigenvalue weighted by molar-refractivity contribution is 7.07. The molecular weight excluding hydrogens is 260 g/mol. The molecule has 3 unspecified atom stereocenters. The highest BCUT2D eigenvalue weighted by atomic mass is 32.1. The zero-order chi connectivity index (χ0) is 13.2. The van der Waals surface area contributed by atoms with Crippen LogP contribution in [0.1, 0.15) is 31.5 Å². The summed E-state index contributed by atoms with van der Waals surface area (Å²) in [5.74, 6) is 0.688. The third kappa shape index (κ3) is 2.68. The number of ether oxygens (including phenoxy) is 1. The van der Waals surface area contributed by atoms with Gasteiger partial charge in [-0.05, 0) is 42.2 Å². The molecule has 3 heterocycles. The average molecular weight is 280 g/mol. The number of carbonyl (C=O) groups excluding carboxylic acids is 1. The third-order valence-electron chi connectivity index (χ3n) is 3.94.